The predicted octanol–water partition coefficient (Wildman–Crippen LogP) is 3.98. The van der Waals surface area contributed by atoms with E-state index in [1.54, 1.807) is 17.7 Å². The van der Waals surface area contributed by atoms with Crippen molar-refractivity contribution in [1.29, 1.82) is 0 Å². The van der Waals surface area contributed by atoms with E-state index in [1.807, 2.05) is 17.5 Å². The van der Waals surface area contributed by atoms with Crippen LogP contribution in [0.5, 0.6) is 0 Å². The molecule has 2 heterocycles. The number of hydrogen-bond acceptors (Lipinski definition) is 5. The maximum absolute atomic E-state index is 12.4. The van der Waals surface area contributed by atoms with Gasteiger partial charge in [-0.1, -0.05) is 36.0 Å². The lowest BCUT2D eigenvalue weighted by molar-refractivity contribution is -0.119. The number of nitrogens with one attached hydrogen (secondary N) is 1. The predicted molar refractivity (Wildman–Crippen MR) is 98.4 cm³/mol. The smallest absolute Gasteiger partial charge is 0.230 e. The molecule has 0 spiro atoms. The van der Waals surface area contributed by atoms with E-state index in [4.69, 9.17) is 0 Å². The molecule has 0 fully saturated rings. The monoisotopic (exact) mass is 355 g/mol. The number of carbonyl (C=O) groups is 1. The van der Waals surface area contributed by atoms with E-state index >= 15 is 0 Å². The van der Waals surface area contributed by atoms with Crippen LogP contribution in [0.4, 0.5) is 0 Å². The Balaban J connectivity index is 1.42. The number of carbonyl (C=O) groups excluding carboxylic acids is 1. The zero-order valence-corrected chi connectivity index (χ0v) is 14.7. The van der Waals surface area contributed by atoms with Gasteiger partial charge in [0.1, 0.15) is 16.2 Å². The normalized spacial score (nSPS) is 16.8. The molecule has 6 heteroatoms. The Hall–Kier alpha value is -1.92. The van der Waals surface area contributed by atoms with Crippen LogP contribution in [0.1, 0.15) is 30.0 Å². The molecule has 1 aromatic carbocycles. The summed E-state index contributed by atoms with van der Waals surface area (Å²) in [5.41, 5.74) is 2.63. The third kappa shape index (κ3) is 3.16. The number of aromatic nitrogens is 2. The van der Waals surface area contributed by atoms with Crippen molar-refractivity contribution in [3.05, 3.63) is 53.2 Å². The maximum atomic E-state index is 12.4. The molecule has 4 nitrogen and oxygen atoms in total. The Morgan fingerprint density at radius 3 is 3.17 bits per heavy atom. The lowest BCUT2D eigenvalue weighted by Crippen LogP contribution is -2.32. The molecule has 1 N–H and O–H groups in total. The van der Waals surface area contributed by atoms with Crippen LogP contribution in [0.25, 0.3) is 10.2 Å². The number of rotatable bonds is 4. The van der Waals surface area contributed by atoms with Gasteiger partial charge in [-0.3, -0.25) is 4.79 Å². The molecule has 2 aromatic heterocycles. The lowest BCUT2D eigenvalue weighted by atomic mass is 9.88. The van der Waals surface area contributed by atoms with E-state index in [0.717, 1.165) is 34.5 Å². The van der Waals surface area contributed by atoms with E-state index < -0.39 is 0 Å². The number of thiophene rings is 1. The second-order valence-electron chi connectivity index (χ2n) is 5.82. The van der Waals surface area contributed by atoms with Crippen molar-refractivity contribution in [3.8, 4) is 0 Å². The Bertz CT molecular complexity index is 877. The highest BCUT2D eigenvalue weighted by Crippen LogP contribution is 2.30. The number of benzene rings is 1. The summed E-state index contributed by atoms with van der Waals surface area (Å²) in [6, 6.07) is 10.6. The molecular formula is C18H17N3OS2. The minimum Gasteiger partial charge on any atom is -0.349 e. The van der Waals surface area contributed by atoms with E-state index in [9.17, 15) is 4.79 Å². The molecule has 1 aliphatic carbocycles. The van der Waals surface area contributed by atoms with Gasteiger partial charge in [-0.25, -0.2) is 9.97 Å². The molecule has 4 rings (SSSR count). The molecule has 0 radical (unpaired) electrons. The lowest BCUT2D eigenvalue weighted by Gasteiger charge is -2.26. The summed E-state index contributed by atoms with van der Waals surface area (Å²) in [5, 5.41) is 7.10. The molecule has 122 valence electrons. The van der Waals surface area contributed by atoms with Crippen molar-refractivity contribution >= 4 is 39.2 Å². The second-order valence-corrected chi connectivity index (χ2v) is 7.68. The van der Waals surface area contributed by atoms with E-state index in [2.05, 4.69) is 33.5 Å². The van der Waals surface area contributed by atoms with E-state index in [-0.39, 0.29) is 11.9 Å². The van der Waals surface area contributed by atoms with Gasteiger partial charge in [-0.15, -0.1) is 11.3 Å². The number of amides is 1. The van der Waals surface area contributed by atoms with Crippen LogP contribution in [-0.4, -0.2) is 21.6 Å². The molecule has 3 aromatic rings. The quantitative estimate of drug-likeness (QED) is 0.568. The summed E-state index contributed by atoms with van der Waals surface area (Å²) in [7, 11) is 0. The van der Waals surface area contributed by atoms with Crippen molar-refractivity contribution in [3.63, 3.8) is 0 Å². The zero-order chi connectivity index (χ0) is 16.4. The first-order valence-corrected chi connectivity index (χ1v) is 9.86. The van der Waals surface area contributed by atoms with Crippen LogP contribution >= 0.6 is 23.1 Å². The Labute approximate surface area is 148 Å². The van der Waals surface area contributed by atoms with Crippen LogP contribution in [-0.2, 0) is 11.2 Å². The van der Waals surface area contributed by atoms with E-state index in [0.29, 0.717) is 5.75 Å². The minimum atomic E-state index is 0.0590. The van der Waals surface area contributed by atoms with Crippen molar-refractivity contribution in [2.24, 2.45) is 0 Å². The number of thioether (sulfide) groups is 1. The van der Waals surface area contributed by atoms with Crippen molar-refractivity contribution in [2.45, 2.75) is 30.3 Å². The standard InChI is InChI=1S/C18H17N3OS2/c22-16(10-24-18-14-8-9-23-17(14)19-11-20-18)21-15-7-3-5-12-4-1-2-6-13(12)15/h1-2,4,6,8-9,11,15H,3,5,7,10H2,(H,21,22)/t15-/m0/s1. The van der Waals surface area contributed by atoms with Crippen LogP contribution in [0, 0.1) is 0 Å². The topological polar surface area (TPSA) is 54.9 Å². The average molecular weight is 355 g/mol. The zero-order valence-electron chi connectivity index (χ0n) is 13.1. The van der Waals surface area contributed by atoms with Gasteiger partial charge in [-0.2, -0.15) is 0 Å². The average Bonchev–Trinajstić information content (AvgIpc) is 3.09. The number of nitrogens with zero attached hydrogens (tertiary/aromatic N) is 2. The van der Waals surface area contributed by atoms with Gasteiger partial charge in [0.25, 0.3) is 0 Å². The largest absolute Gasteiger partial charge is 0.349 e. The molecule has 1 amide bonds. The summed E-state index contributed by atoms with van der Waals surface area (Å²) < 4.78 is 0. The van der Waals surface area contributed by atoms with Gasteiger partial charge in [0.05, 0.1) is 11.8 Å². The first kappa shape index (κ1) is 15.6. The first-order valence-electron chi connectivity index (χ1n) is 7.99. The number of aryl methyl sites for hydroxylation is 1. The van der Waals surface area contributed by atoms with Crippen LogP contribution in [0.3, 0.4) is 0 Å². The van der Waals surface area contributed by atoms with Crippen molar-refractivity contribution in [2.75, 3.05) is 5.75 Å². The van der Waals surface area contributed by atoms with Crippen LogP contribution < -0.4 is 5.32 Å². The Morgan fingerprint density at radius 1 is 1.29 bits per heavy atom. The summed E-state index contributed by atoms with van der Waals surface area (Å²) >= 11 is 3.07. The fourth-order valence-corrected chi connectivity index (χ4v) is 4.75. The first-order chi connectivity index (χ1) is 11.8. The molecule has 0 saturated heterocycles. The highest BCUT2D eigenvalue weighted by Gasteiger charge is 2.21. The summed E-state index contributed by atoms with van der Waals surface area (Å²) in [4.78, 5) is 21.9. The molecule has 1 aliphatic rings. The Morgan fingerprint density at radius 2 is 2.21 bits per heavy atom. The fourth-order valence-electron chi connectivity index (χ4n) is 3.16. The molecular weight excluding hydrogens is 338 g/mol. The fraction of sp³-hybridized carbons (Fsp3) is 0.278. The molecule has 0 unspecified atom stereocenters. The summed E-state index contributed by atoms with van der Waals surface area (Å²) in [6.45, 7) is 0. The van der Waals surface area contributed by atoms with Gasteiger partial charge in [0.2, 0.25) is 5.91 Å². The molecule has 1 atom stereocenters. The molecule has 0 saturated carbocycles. The number of fused-ring (bicyclic) bond motifs is 2. The molecule has 24 heavy (non-hydrogen) atoms. The van der Waals surface area contributed by atoms with E-state index in [1.165, 1.54) is 22.9 Å². The number of hydrogen-bond donors (Lipinski definition) is 1. The summed E-state index contributed by atoms with van der Waals surface area (Å²) in [5.74, 6) is 0.435. The third-order valence-corrected chi connectivity index (χ3v) is 6.10. The Kier molecular flexibility index (Phi) is 4.49. The third-order valence-electron chi connectivity index (χ3n) is 4.27. The van der Waals surface area contributed by atoms with Crippen LogP contribution in [0.15, 0.2) is 47.1 Å². The molecule has 0 aliphatic heterocycles. The van der Waals surface area contributed by atoms with Gasteiger partial charge < -0.3 is 5.32 Å². The SMILES string of the molecule is O=C(CSc1ncnc2sccc12)N[C@H]1CCCc2ccccc21. The highest BCUT2D eigenvalue weighted by atomic mass is 32.2. The molecule has 0 bridgehead atoms. The van der Waals surface area contributed by atoms with Gasteiger partial charge in [0.15, 0.2) is 0 Å². The van der Waals surface area contributed by atoms with Gasteiger partial charge >= 0.3 is 0 Å². The van der Waals surface area contributed by atoms with Crippen molar-refractivity contribution in [1.82, 2.24) is 15.3 Å². The van der Waals surface area contributed by atoms with Crippen molar-refractivity contribution < 1.29 is 4.79 Å². The summed E-state index contributed by atoms with van der Waals surface area (Å²) in [6.07, 6.45) is 4.80. The maximum Gasteiger partial charge on any atom is 0.230 e. The van der Waals surface area contributed by atoms with Gasteiger partial charge in [-0.05, 0) is 41.8 Å². The van der Waals surface area contributed by atoms with Gasteiger partial charge in [0, 0.05) is 5.39 Å². The van der Waals surface area contributed by atoms with Crippen LogP contribution in [0.2, 0.25) is 0 Å². The second kappa shape index (κ2) is 6.91. The highest BCUT2D eigenvalue weighted by molar-refractivity contribution is 8.00. The minimum absolute atomic E-state index is 0.0590.